The Hall–Kier alpha value is -3.15. The number of aromatic nitrogens is 2. The first-order valence-corrected chi connectivity index (χ1v) is 8.67. The van der Waals surface area contributed by atoms with Gasteiger partial charge in [-0.05, 0) is 42.7 Å². The summed E-state index contributed by atoms with van der Waals surface area (Å²) in [5.41, 5.74) is 3.03. The van der Waals surface area contributed by atoms with Gasteiger partial charge in [0.1, 0.15) is 0 Å². The molecule has 1 amide bonds. The summed E-state index contributed by atoms with van der Waals surface area (Å²) in [6.07, 6.45) is 1.05. The molecule has 3 aromatic rings. The van der Waals surface area contributed by atoms with Crippen LogP contribution in [0.3, 0.4) is 0 Å². The minimum absolute atomic E-state index is 0.0171. The Morgan fingerprint density at radius 3 is 2.77 bits per heavy atom. The van der Waals surface area contributed by atoms with Crippen LogP contribution in [0.1, 0.15) is 17.5 Å². The van der Waals surface area contributed by atoms with Gasteiger partial charge in [-0.1, -0.05) is 24.3 Å². The van der Waals surface area contributed by atoms with E-state index >= 15 is 0 Å². The average molecular weight is 349 g/mol. The smallest absolute Gasteiger partial charge is 0.312 e. The second kappa shape index (κ2) is 6.29. The Balaban J connectivity index is 1.61. The number of fused-ring (bicyclic) bond motifs is 2. The van der Waals surface area contributed by atoms with E-state index in [2.05, 4.69) is 18.0 Å². The van der Waals surface area contributed by atoms with E-state index in [9.17, 15) is 14.4 Å². The highest BCUT2D eigenvalue weighted by Crippen LogP contribution is 2.30. The quantitative estimate of drug-likeness (QED) is 0.786. The molecular formula is C20H19N3O3. The van der Waals surface area contributed by atoms with Crippen molar-refractivity contribution in [1.82, 2.24) is 9.55 Å². The standard InChI is InChI=1S/C20H19N3O3/c1-13-5-4-8-16-14(13)9-11-22(16)18(24)10-12-23-17-7-3-2-6-15(17)19(25)21-20(23)26/h2-8H,9-12H2,1H3,(H,21,25,26). The third-order valence-electron chi connectivity index (χ3n) is 5.02. The lowest BCUT2D eigenvalue weighted by atomic mass is 10.1. The fourth-order valence-corrected chi connectivity index (χ4v) is 3.67. The molecule has 1 N–H and O–H groups in total. The average Bonchev–Trinajstić information content (AvgIpc) is 3.07. The number of nitrogens with zero attached hydrogens (tertiary/aromatic N) is 2. The first-order valence-electron chi connectivity index (χ1n) is 8.67. The van der Waals surface area contributed by atoms with Crippen molar-refractivity contribution >= 4 is 22.5 Å². The summed E-state index contributed by atoms with van der Waals surface area (Å²) in [5, 5.41) is 0.446. The molecule has 0 saturated carbocycles. The Labute approximate surface area is 149 Å². The van der Waals surface area contributed by atoms with Gasteiger partial charge < -0.3 is 4.90 Å². The van der Waals surface area contributed by atoms with Crippen LogP contribution in [0.25, 0.3) is 10.9 Å². The Morgan fingerprint density at radius 1 is 1.12 bits per heavy atom. The molecule has 4 rings (SSSR count). The molecule has 0 unspecified atom stereocenters. The molecule has 2 aromatic carbocycles. The summed E-state index contributed by atoms with van der Waals surface area (Å²) in [5.74, 6) is -0.0171. The van der Waals surface area contributed by atoms with Gasteiger partial charge in [0.05, 0.1) is 10.9 Å². The Morgan fingerprint density at radius 2 is 1.92 bits per heavy atom. The number of nitrogens with one attached hydrogen (secondary N) is 1. The fraction of sp³-hybridized carbons (Fsp3) is 0.250. The summed E-state index contributed by atoms with van der Waals surface area (Å²) in [6, 6.07) is 12.9. The lowest BCUT2D eigenvalue weighted by Crippen LogP contribution is -2.34. The predicted molar refractivity (Wildman–Crippen MR) is 101 cm³/mol. The van der Waals surface area contributed by atoms with E-state index in [1.165, 1.54) is 15.7 Å². The molecule has 132 valence electrons. The van der Waals surface area contributed by atoms with Crippen LogP contribution in [0.4, 0.5) is 5.69 Å². The summed E-state index contributed by atoms with van der Waals surface area (Å²) >= 11 is 0. The van der Waals surface area contributed by atoms with Gasteiger partial charge in [0.15, 0.2) is 0 Å². The molecule has 0 fully saturated rings. The number of aromatic amines is 1. The number of hydrogen-bond acceptors (Lipinski definition) is 3. The SMILES string of the molecule is Cc1cccc2c1CCN2C(=O)CCn1c(=O)[nH]c(=O)c2ccccc21. The minimum atomic E-state index is -0.487. The van der Waals surface area contributed by atoms with Crippen molar-refractivity contribution in [1.29, 1.82) is 0 Å². The number of anilines is 1. The number of hydrogen-bond donors (Lipinski definition) is 1. The minimum Gasteiger partial charge on any atom is -0.312 e. The van der Waals surface area contributed by atoms with Crippen molar-refractivity contribution < 1.29 is 4.79 Å². The van der Waals surface area contributed by atoms with Crippen molar-refractivity contribution in [2.24, 2.45) is 0 Å². The van der Waals surface area contributed by atoms with Gasteiger partial charge in [0.2, 0.25) is 5.91 Å². The van der Waals surface area contributed by atoms with Crippen LogP contribution in [-0.2, 0) is 17.8 Å². The van der Waals surface area contributed by atoms with E-state index in [4.69, 9.17) is 0 Å². The van der Waals surface area contributed by atoms with Crippen LogP contribution in [0, 0.1) is 6.92 Å². The maximum absolute atomic E-state index is 12.7. The maximum Gasteiger partial charge on any atom is 0.328 e. The van der Waals surface area contributed by atoms with Crippen LogP contribution in [-0.4, -0.2) is 22.0 Å². The predicted octanol–water partition coefficient (Wildman–Crippen LogP) is 1.98. The lowest BCUT2D eigenvalue weighted by molar-refractivity contribution is -0.118. The van der Waals surface area contributed by atoms with Gasteiger partial charge in [0, 0.05) is 25.2 Å². The van der Waals surface area contributed by atoms with Gasteiger partial charge in [-0.25, -0.2) is 4.79 Å². The molecule has 0 saturated heterocycles. The third-order valence-corrected chi connectivity index (χ3v) is 5.02. The van der Waals surface area contributed by atoms with Crippen molar-refractivity contribution in [2.45, 2.75) is 26.3 Å². The zero-order valence-corrected chi connectivity index (χ0v) is 14.5. The van der Waals surface area contributed by atoms with Crippen LogP contribution >= 0.6 is 0 Å². The maximum atomic E-state index is 12.7. The Bertz CT molecular complexity index is 1130. The molecule has 6 nitrogen and oxygen atoms in total. The van der Waals surface area contributed by atoms with Crippen LogP contribution in [0.15, 0.2) is 52.1 Å². The van der Waals surface area contributed by atoms with E-state index in [0.29, 0.717) is 17.4 Å². The van der Waals surface area contributed by atoms with Crippen LogP contribution in [0.5, 0.6) is 0 Å². The highest BCUT2D eigenvalue weighted by molar-refractivity contribution is 5.95. The number of benzene rings is 2. The van der Waals surface area contributed by atoms with Crippen molar-refractivity contribution in [3.63, 3.8) is 0 Å². The zero-order valence-electron chi connectivity index (χ0n) is 14.5. The largest absolute Gasteiger partial charge is 0.328 e. The van der Waals surface area contributed by atoms with E-state index in [1.807, 2.05) is 12.1 Å². The monoisotopic (exact) mass is 349 g/mol. The van der Waals surface area contributed by atoms with Crippen LogP contribution < -0.4 is 16.1 Å². The molecule has 0 atom stereocenters. The van der Waals surface area contributed by atoms with Crippen molar-refractivity contribution in [3.8, 4) is 0 Å². The highest BCUT2D eigenvalue weighted by Gasteiger charge is 2.25. The molecule has 0 aliphatic carbocycles. The van der Waals surface area contributed by atoms with E-state index < -0.39 is 11.2 Å². The number of carbonyl (C=O) groups excluding carboxylic acids is 1. The summed E-state index contributed by atoms with van der Waals surface area (Å²) < 4.78 is 1.46. The normalized spacial score (nSPS) is 13.2. The first kappa shape index (κ1) is 16.3. The summed E-state index contributed by atoms with van der Waals surface area (Å²) in [6.45, 7) is 2.95. The fourth-order valence-electron chi connectivity index (χ4n) is 3.67. The molecule has 26 heavy (non-hydrogen) atoms. The lowest BCUT2D eigenvalue weighted by Gasteiger charge is -2.18. The van der Waals surface area contributed by atoms with Crippen molar-refractivity contribution in [3.05, 3.63) is 74.4 Å². The number of amides is 1. The molecular weight excluding hydrogens is 330 g/mol. The number of para-hydroxylation sites is 1. The Kier molecular flexibility index (Phi) is 3.95. The molecule has 1 aliphatic heterocycles. The summed E-state index contributed by atoms with van der Waals surface area (Å²) in [4.78, 5) is 41.0. The highest BCUT2D eigenvalue weighted by atomic mass is 16.2. The molecule has 1 aliphatic rings. The topological polar surface area (TPSA) is 75.2 Å². The van der Waals surface area contributed by atoms with E-state index in [-0.39, 0.29) is 18.9 Å². The number of carbonyl (C=O) groups is 1. The molecule has 0 spiro atoms. The number of H-pyrrole nitrogens is 1. The second-order valence-electron chi connectivity index (χ2n) is 6.55. The number of rotatable bonds is 3. The van der Waals surface area contributed by atoms with Crippen molar-refractivity contribution in [2.75, 3.05) is 11.4 Å². The van der Waals surface area contributed by atoms with Gasteiger partial charge in [-0.15, -0.1) is 0 Å². The number of aryl methyl sites for hydroxylation is 2. The van der Waals surface area contributed by atoms with E-state index in [0.717, 1.165) is 12.1 Å². The first-order chi connectivity index (χ1) is 12.6. The van der Waals surface area contributed by atoms with Gasteiger partial charge >= 0.3 is 5.69 Å². The van der Waals surface area contributed by atoms with Crippen LogP contribution in [0.2, 0.25) is 0 Å². The molecule has 2 heterocycles. The van der Waals surface area contributed by atoms with Gasteiger partial charge in [-0.2, -0.15) is 0 Å². The third kappa shape index (κ3) is 2.63. The second-order valence-corrected chi connectivity index (χ2v) is 6.55. The molecule has 1 aromatic heterocycles. The van der Waals surface area contributed by atoms with Gasteiger partial charge in [0.25, 0.3) is 5.56 Å². The molecule has 0 radical (unpaired) electrons. The zero-order chi connectivity index (χ0) is 18.3. The summed E-state index contributed by atoms with van der Waals surface area (Å²) in [7, 11) is 0. The molecule has 6 heteroatoms. The van der Waals surface area contributed by atoms with Gasteiger partial charge in [-0.3, -0.25) is 19.1 Å². The molecule has 0 bridgehead atoms. The van der Waals surface area contributed by atoms with E-state index in [1.54, 1.807) is 29.2 Å².